The summed E-state index contributed by atoms with van der Waals surface area (Å²) in [6.45, 7) is 10.0. The zero-order valence-electron chi connectivity index (χ0n) is 10.3. The first-order valence-electron chi connectivity index (χ1n) is 5.92. The molecule has 0 fully saturated rings. The van der Waals surface area contributed by atoms with Gasteiger partial charge in [0.2, 0.25) is 0 Å². The summed E-state index contributed by atoms with van der Waals surface area (Å²) < 4.78 is 5.04. The lowest BCUT2D eigenvalue weighted by Gasteiger charge is -2.19. The van der Waals surface area contributed by atoms with Crippen molar-refractivity contribution in [3.05, 3.63) is 0 Å². The van der Waals surface area contributed by atoms with Crippen molar-refractivity contribution < 1.29 is 4.74 Å². The third-order valence-corrected chi connectivity index (χ3v) is 2.95. The van der Waals surface area contributed by atoms with Crippen molar-refractivity contribution in [2.45, 2.75) is 40.0 Å². The molecule has 0 rings (SSSR count). The van der Waals surface area contributed by atoms with Gasteiger partial charge in [0, 0.05) is 13.7 Å². The zero-order chi connectivity index (χ0) is 10.8. The van der Waals surface area contributed by atoms with Gasteiger partial charge in [0.1, 0.15) is 0 Å². The van der Waals surface area contributed by atoms with E-state index in [-0.39, 0.29) is 0 Å². The van der Waals surface area contributed by atoms with Gasteiger partial charge in [-0.15, -0.1) is 0 Å². The predicted molar refractivity (Wildman–Crippen MR) is 62.6 cm³/mol. The van der Waals surface area contributed by atoms with Crippen LogP contribution in [0.1, 0.15) is 40.0 Å². The summed E-state index contributed by atoms with van der Waals surface area (Å²) >= 11 is 0. The second-order valence-electron chi connectivity index (χ2n) is 4.25. The van der Waals surface area contributed by atoms with Crippen LogP contribution in [0.3, 0.4) is 0 Å². The molecule has 0 spiro atoms. The second kappa shape index (κ2) is 9.47. The minimum atomic E-state index is 0.789. The molecule has 0 aromatic carbocycles. The van der Waals surface area contributed by atoms with E-state index in [9.17, 15) is 0 Å². The normalized spacial score (nSPS) is 15.4. The van der Waals surface area contributed by atoms with Gasteiger partial charge in [-0.25, -0.2) is 0 Å². The van der Waals surface area contributed by atoms with Gasteiger partial charge in [-0.05, 0) is 31.3 Å². The summed E-state index contributed by atoms with van der Waals surface area (Å²) in [4.78, 5) is 0. The van der Waals surface area contributed by atoms with E-state index in [0.29, 0.717) is 0 Å². The van der Waals surface area contributed by atoms with E-state index in [1.165, 1.54) is 19.3 Å². The molecule has 0 aromatic heterocycles. The summed E-state index contributed by atoms with van der Waals surface area (Å²) in [7, 11) is 1.78. The molecule has 0 radical (unpaired) electrons. The molecule has 86 valence electrons. The maximum atomic E-state index is 5.04. The van der Waals surface area contributed by atoms with Crippen molar-refractivity contribution in [2.75, 3.05) is 26.8 Å². The highest BCUT2D eigenvalue weighted by molar-refractivity contribution is 4.64. The molecule has 0 aliphatic carbocycles. The fourth-order valence-corrected chi connectivity index (χ4v) is 1.57. The summed E-state index contributed by atoms with van der Waals surface area (Å²) in [5.41, 5.74) is 0. The number of nitrogens with one attached hydrogen (secondary N) is 1. The Morgan fingerprint density at radius 2 is 1.86 bits per heavy atom. The minimum Gasteiger partial charge on any atom is -0.385 e. The predicted octanol–water partition coefficient (Wildman–Crippen LogP) is 2.68. The van der Waals surface area contributed by atoms with Crippen molar-refractivity contribution in [1.82, 2.24) is 5.32 Å². The maximum absolute atomic E-state index is 5.04. The summed E-state index contributed by atoms with van der Waals surface area (Å²) in [6.07, 6.45) is 3.83. The van der Waals surface area contributed by atoms with Gasteiger partial charge in [0.15, 0.2) is 0 Å². The molecule has 1 N–H and O–H groups in total. The van der Waals surface area contributed by atoms with Crippen LogP contribution in [0.5, 0.6) is 0 Å². The van der Waals surface area contributed by atoms with Gasteiger partial charge in [-0.2, -0.15) is 0 Å². The molecule has 2 nitrogen and oxygen atoms in total. The molecule has 0 bridgehead atoms. The van der Waals surface area contributed by atoms with Crippen molar-refractivity contribution in [3.63, 3.8) is 0 Å². The first-order chi connectivity index (χ1) is 6.72. The molecule has 0 aliphatic rings. The zero-order valence-corrected chi connectivity index (χ0v) is 10.3. The van der Waals surface area contributed by atoms with Crippen LogP contribution in [0, 0.1) is 11.8 Å². The highest BCUT2D eigenvalue weighted by Gasteiger charge is 2.10. The van der Waals surface area contributed by atoms with Gasteiger partial charge >= 0.3 is 0 Å². The molecule has 14 heavy (non-hydrogen) atoms. The number of hydrogen-bond acceptors (Lipinski definition) is 2. The lowest BCUT2D eigenvalue weighted by Crippen LogP contribution is -2.24. The van der Waals surface area contributed by atoms with Crippen LogP contribution in [0.25, 0.3) is 0 Å². The third kappa shape index (κ3) is 7.34. The Hall–Kier alpha value is -0.0800. The lowest BCUT2D eigenvalue weighted by atomic mass is 9.91. The van der Waals surface area contributed by atoms with Gasteiger partial charge in [0.25, 0.3) is 0 Å². The highest BCUT2D eigenvalue weighted by atomic mass is 16.5. The molecule has 2 heteroatoms. The van der Waals surface area contributed by atoms with Crippen LogP contribution >= 0.6 is 0 Å². The topological polar surface area (TPSA) is 21.3 Å². The molecule has 0 saturated heterocycles. The van der Waals surface area contributed by atoms with Crippen molar-refractivity contribution >= 4 is 0 Å². The Bertz CT molecular complexity index is 117. The number of ether oxygens (including phenoxy) is 1. The molecule has 0 heterocycles. The number of methoxy groups -OCH3 is 1. The number of rotatable bonds is 9. The first kappa shape index (κ1) is 13.9. The average molecular weight is 201 g/mol. The number of hydrogen-bond donors (Lipinski definition) is 1. The minimum absolute atomic E-state index is 0.789. The van der Waals surface area contributed by atoms with E-state index < -0.39 is 0 Å². The second-order valence-corrected chi connectivity index (χ2v) is 4.25. The SMILES string of the molecule is CCNCC(C)C(C)CCCCOC. The molecule has 2 unspecified atom stereocenters. The maximum Gasteiger partial charge on any atom is 0.0462 e. The molecular formula is C12H27NO. The van der Waals surface area contributed by atoms with E-state index in [2.05, 4.69) is 26.1 Å². The molecule has 0 aromatic rings. The van der Waals surface area contributed by atoms with Crippen molar-refractivity contribution in [3.8, 4) is 0 Å². The molecule has 0 amide bonds. The van der Waals surface area contributed by atoms with Gasteiger partial charge in [-0.1, -0.05) is 33.6 Å². The van der Waals surface area contributed by atoms with Gasteiger partial charge < -0.3 is 10.1 Å². The Morgan fingerprint density at radius 3 is 2.43 bits per heavy atom. The van der Waals surface area contributed by atoms with Gasteiger partial charge in [-0.3, -0.25) is 0 Å². The largest absolute Gasteiger partial charge is 0.385 e. The van der Waals surface area contributed by atoms with Crippen LogP contribution in [0.4, 0.5) is 0 Å². The average Bonchev–Trinajstić information content (AvgIpc) is 2.20. The van der Waals surface area contributed by atoms with Gasteiger partial charge in [0.05, 0.1) is 0 Å². The van der Waals surface area contributed by atoms with E-state index >= 15 is 0 Å². The summed E-state index contributed by atoms with van der Waals surface area (Å²) in [5, 5.41) is 3.41. The van der Waals surface area contributed by atoms with Crippen molar-refractivity contribution in [1.29, 1.82) is 0 Å². The third-order valence-electron chi connectivity index (χ3n) is 2.95. The van der Waals surface area contributed by atoms with E-state index in [1.807, 2.05) is 0 Å². The Balaban J connectivity index is 3.36. The Morgan fingerprint density at radius 1 is 1.14 bits per heavy atom. The molecule has 2 atom stereocenters. The van der Waals surface area contributed by atoms with Crippen LogP contribution in [-0.4, -0.2) is 26.8 Å². The van der Waals surface area contributed by atoms with Crippen LogP contribution in [0.2, 0.25) is 0 Å². The Kier molecular flexibility index (Phi) is 9.42. The van der Waals surface area contributed by atoms with Crippen LogP contribution in [-0.2, 0) is 4.74 Å². The number of unbranched alkanes of at least 4 members (excludes halogenated alkanes) is 1. The highest BCUT2D eigenvalue weighted by Crippen LogP contribution is 2.17. The molecule has 0 aliphatic heterocycles. The quantitative estimate of drug-likeness (QED) is 0.579. The first-order valence-corrected chi connectivity index (χ1v) is 5.92. The lowest BCUT2D eigenvalue weighted by molar-refractivity contribution is 0.188. The molecular weight excluding hydrogens is 174 g/mol. The monoisotopic (exact) mass is 201 g/mol. The fraction of sp³-hybridized carbons (Fsp3) is 1.00. The summed E-state index contributed by atoms with van der Waals surface area (Å²) in [6, 6.07) is 0. The van der Waals surface area contributed by atoms with Crippen molar-refractivity contribution in [2.24, 2.45) is 11.8 Å². The van der Waals surface area contributed by atoms with E-state index in [0.717, 1.165) is 31.5 Å². The molecule has 0 saturated carbocycles. The van der Waals surface area contributed by atoms with Crippen LogP contribution < -0.4 is 5.32 Å². The Labute approximate surface area is 89.4 Å². The van der Waals surface area contributed by atoms with E-state index in [1.54, 1.807) is 7.11 Å². The fourth-order valence-electron chi connectivity index (χ4n) is 1.57. The summed E-state index contributed by atoms with van der Waals surface area (Å²) in [5.74, 6) is 1.61. The smallest absolute Gasteiger partial charge is 0.0462 e. The van der Waals surface area contributed by atoms with Crippen LogP contribution in [0.15, 0.2) is 0 Å². The van der Waals surface area contributed by atoms with E-state index in [4.69, 9.17) is 4.74 Å². The standard InChI is InChI=1S/C12H27NO/c1-5-13-10-12(3)11(2)8-6-7-9-14-4/h11-13H,5-10H2,1-4H3.